The summed E-state index contributed by atoms with van der Waals surface area (Å²) >= 11 is 5.67. The number of benzene rings is 1. The number of hydrogen-bond acceptors (Lipinski definition) is 3. The van der Waals surface area contributed by atoms with E-state index in [1.807, 2.05) is 18.2 Å². The molecule has 0 aliphatic rings. The predicted molar refractivity (Wildman–Crippen MR) is 75.5 cm³/mol. The van der Waals surface area contributed by atoms with Gasteiger partial charge < -0.3 is 15.2 Å². The first-order valence-corrected chi connectivity index (χ1v) is 6.33. The highest BCUT2D eigenvalue weighted by Gasteiger charge is 2.08. The molecule has 0 aliphatic carbocycles. The van der Waals surface area contributed by atoms with E-state index in [1.165, 1.54) is 0 Å². The fraction of sp³-hybridized carbons (Fsp3) is 0.429. The van der Waals surface area contributed by atoms with Gasteiger partial charge in [0, 0.05) is 11.1 Å². The molecule has 1 aromatic rings. The highest BCUT2D eigenvalue weighted by molar-refractivity contribution is 6.29. The van der Waals surface area contributed by atoms with E-state index in [2.05, 4.69) is 13.5 Å². The number of ether oxygens (including phenoxy) is 2. The number of hydrogen-bond donors (Lipinski definition) is 1. The van der Waals surface area contributed by atoms with Crippen LogP contribution in [0.15, 0.2) is 29.8 Å². The van der Waals surface area contributed by atoms with Crippen LogP contribution >= 0.6 is 11.6 Å². The van der Waals surface area contributed by atoms with E-state index in [0.29, 0.717) is 16.5 Å². The lowest BCUT2D eigenvalue weighted by Gasteiger charge is -2.13. The normalized spacial score (nSPS) is 12.0. The molecule has 0 heterocycles. The van der Waals surface area contributed by atoms with Crippen molar-refractivity contribution in [3.63, 3.8) is 0 Å². The molecule has 0 aliphatic heterocycles. The number of nitrogens with two attached hydrogens (primary N) is 1. The van der Waals surface area contributed by atoms with Gasteiger partial charge in [-0.3, -0.25) is 0 Å². The second-order valence-electron chi connectivity index (χ2n) is 4.16. The average molecular weight is 270 g/mol. The van der Waals surface area contributed by atoms with Crippen molar-refractivity contribution in [2.45, 2.75) is 25.8 Å². The van der Waals surface area contributed by atoms with Crippen LogP contribution in [0.3, 0.4) is 0 Å². The molecule has 1 rings (SSSR count). The number of rotatable bonds is 7. The Balaban J connectivity index is 2.79. The summed E-state index contributed by atoms with van der Waals surface area (Å²) in [6, 6.07) is 5.98. The molecular formula is C14H20ClNO2. The molecule has 0 saturated carbocycles. The Hall–Kier alpha value is -1.19. The van der Waals surface area contributed by atoms with Crippen molar-refractivity contribution in [1.82, 2.24) is 0 Å². The predicted octanol–water partition coefficient (Wildman–Crippen LogP) is 3.11. The average Bonchev–Trinajstić information content (AvgIpc) is 2.36. The SMILES string of the molecule is C=C(Cl)COc1ccc(CC(N)CC)cc1OC. The molecule has 0 aromatic heterocycles. The maximum Gasteiger partial charge on any atom is 0.161 e. The summed E-state index contributed by atoms with van der Waals surface area (Å²) in [5, 5.41) is 0.453. The van der Waals surface area contributed by atoms with Crippen molar-refractivity contribution < 1.29 is 9.47 Å². The van der Waals surface area contributed by atoms with Crippen LogP contribution in [0.25, 0.3) is 0 Å². The quantitative estimate of drug-likeness (QED) is 0.827. The summed E-state index contributed by atoms with van der Waals surface area (Å²) in [6.45, 7) is 5.92. The molecule has 0 saturated heterocycles. The minimum absolute atomic E-state index is 0.170. The molecule has 2 N–H and O–H groups in total. The minimum atomic E-state index is 0.170. The van der Waals surface area contributed by atoms with Crippen molar-refractivity contribution in [3.8, 4) is 11.5 Å². The summed E-state index contributed by atoms with van der Waals surface area (Å²) < 4.78 is 10.8. The lowest BCUT2D eigenvalue weighted by Crippen LogP contribution is -2.21. The van der Waals surface area contributed by atoms with Gasteiger partial charge in [-0.2, -0.15) is 0 Å². The lowest BCUT2D eigenvalue weighted by molar-refractivity contribution is 0.324. The van der Waals surface area contributed by atoms with Crippen LogP contribution in [-0.4, -0.2) is 19.8 Å². The van der Waals surface area contributed by atoms with Crippen LogP contribution in [0.2, 0.25) is 0 Å². The molecule has 0 radical (unpaired) electrons. The maximum absolute atomic E-state index is 5.93. The first-order valence-electron chi connectivity index (χ1n) is 5.95. The first-order chi connectivity index (χ1) is 8.56. The standard InChI is InChI=1S/C14H20ClNO2/c1-4-12(16)7-11-5-6-13(14(8-11)17-3)18-9-10(2)15/h5-6,8,12H,2,4,7,9,16H2,1,3H3. The zero-order valence-electron chi connectivity index (χ0n) is 10.9. The Morgan fingerprint density at radius 1 is 1.44 bits per heavy atom. The highest BCUT2D eigenvalue weighted by Crippen LogP contribution is 2.29. The van der Waals surface area contributed by atoms with Crippen LogP contribution in [0.5, 0.6) is 11.5 Å². The lowest BCUT2D eigenvalue weighted by atomic mass is 10.0. The van der Waals surface area contributed by atoms with Crippen molar-refractivity contribution in [3.05, 3.63) is 35.4 Å². The van der Waals surface area contributed by atoms with E-state index >= 15 is 0 Å². The van der Waals surface area contributed by atoms with E-state index in [4.69, 9.17) is 26.8 Å². The fourth-order valence-corrected chi connectivity index (χ4v) is 1.62. The van der Waals surface area contributed by atoms with Crippen molar-refractivity contribution in [1.29, 1.82) is 0 Å². The summed E-state index contributed by atoms with van der Waals surface area (Å²) in [7, 11) is 1.61. The molecule has 0 bridgehead atoms. The van der Waals surface area contributed by atoms with E-state index < -0.39 is 0 Å². The summed E-state index contributed by atoms with van der Waals surface area (Å²) in [5.74, 6) is 1.35. The Kier molecular flexibility index (Phi) is 6.02. The van der Waals surface area contributed by atoms with Crippen LogP contribution < -0.4 is 15.2 Å². The van der Waals surface area contributed by atoms with Crippen molar-refractivity contribution >= 4 is 11.6 Å². The van der Waals surface area contributed by atoms with Crippen LogP contribution in [0.1, 0.15) is 18.9 Å². The molecule has 1 unspecified atom stereocenters. The van der Waals surface area contributed by atoms with Gasteiger partial charge in [-0.15, -0.1) is 0 Å². The highest BCUT2D eigenvalue weighted by atomic mass is 35.5. The molecule has 0 fully saturated rings. The first kappa shape index (κ1) is 14.9. The third kappa shape index (κ3) is 4.59. The Labute approximate surface area is 114 Å². The number of halogens is 1. The van der Waals surface area contributed by atoms with Gasteiger partial charge in [0.1, 0.15) is 6.61 Å². The topological polar surface area (TPSA) is 44.5 Å². The van der Waals surface area contributed by atoms with E-state index in [0.717, 1.165) is 18.4 Å². The zero-order valence-corrected chi connectivity index (χ0v) is 11.7. The van der Waals surface area contributed by atoms with Gasteiger partial charge in [0.05, 0.1) is 7.11 Å². The second kappa shape index (κ2) is 7.29. The summed E-state index contributed by atoms with van der Waals surface area (Å²) in [4.78, 5) is 0. The third-order valence-corrected chi connectivity index (χ3v) is 2.74. The minimum Gasteiger partial charge on any atom is -0.493 e. The molecule has 4 heteroatoms. The fourth-order valence-electron chi connectivity index (χ4n) is 1.56. The molecule has 1 atom stereocenters. The van der Waals surface area contributed by atoms with Gasteiger partial charge in [0.2, 0.25) is 0 Å². The van der Waals surface area contributed by atoms with E-state index in [1.54, 1.807) is 7.11 Å². The summed E-state index contributed by atoms with van der Waals surface area (Å²) in [6.07, 6.45) is 1.78. The van der Waals surface area contributed by atoms with Crippen LogP contribution in [0.4, 0.5) is 0 Å². The van der Waals surface area contributed by atoms with E-state index in [-0.39, 0.29) is 12.6 Å². The molecular weight excluding hydrogens is 250 g/mol. The van der Waals surface area contributed by atoms with Crippen molar-refractivity contribution in [2.75, 3.05) is 13.7 Å². The van der Waals surface area contributed by atoms with Crippen LogP contribution in [0, 0.1) is 0 Å². The van der Waals surface area contributed by atoms with Gasteiger partial charge in [-0.25, -0.2) is 0 Å². The second-order valence-corrected chi connectivity index (χ2v) is 4.70. The largest absolute Gasteiger partial charge is 0.493 e. The molecule has 0 amide bonds. The van der Waals surface area contributed by atoms with Gasteiger partial charge in [0.15, 0.2) is 11.5 Å². The number of methoxy groups -OCH3 is 1. The van der Waals surface area contributed by atoms with Crippen molar-refractivity contribution in [2.24, 2.45) is 5.73 Å². The Morgan fingerprint density at radius 2 is 2.17 bits per heavy atom. The third-order valence-electron chi connectivity index (χ3n) is 2.63. The van der Waals surface area contributed by atoms with Gasteiger partial charge >= 0.3 is 0 Å². The molecule has 3 nitrogen and oxygen atoms in total. The molecule has 100 valence electrons. The Morgan fingerprint density at radius 3 is 2.72 bits per heavy atom. The van der Waals surface area contributed by atoms with Gasteiger partial charge in [-0.1, -0.05) is 31.2 Å². The smallest absolute Gasteiger partial charge is 0.161 e. The maximum atomic E-state index is 5.93. The van der Waals surface area contributed by atoms with E-state index in [9.17, 15) is 0 Å². The van der Waals surface area contributed by atoms with Gasteiger partial charge in [-0.05, 0) is 30.5 Å². The monoisotopic (exact) mass is 269 g/mol. The summed E-state index contributed by atoms with van der Waals surface area (Å²) in [5.41, 5.74) is 7.07. The molecule has 18 heavy (non-hydrogen) atoms. The Bertz CT molecular complexity index is 407. The van der Waals surface area contributed by atoms with Gasteiger partial charge in [0.25, 0.3) is 0 Å². The zero-order chi connectivity index (χ0) is 13.5. The van der Waals surface area contributed by atoms with Crippen LogP contribution in [-0.2, 0) is 6.42 Å². The molecule has 1 aromatic carbocycles. The molecule has 0 spiro atoms.